The van der Waals surface area contributed by atoms with Crippen LogP contribution in [0.15, 0.2) is 47.2 Å². The number of benzene rings is 1. The lowest BCUT2D eigenvalue weighted by Crippen LogP contribution is -2.53. The van der Waals surface area contributed by atoms with Crippen molar-refractivity contribution in [2.24, 2.45) is 0 Å². The lowest BCUT2D eigenvalue weighted by atomic mass is 9.89. The SMILES string of the molecule is CCOC(=O)[C@@](C#Cc1ccsc1)(NC(=O)OC(C)(C)C)c1c(C)nn(-c2ccccc2)c1N. The average Bonchev–Trinajstić information content (AvgIpc) is 3.38. The van der Waals surface area contributed by atoms with Crippen LogP contribution in [0.25, 0.3) is 5.69 Å². The van der Waals surface area contributed by atoms with Gasteiger partial charge in [0.2, 0.25) is 5.54 Å². The van der Waals surface area contributed by atoms with Gasteiger partial charge < -0.3 is 15.2 Å². The predicted molar refractivity (Wildman–Crippen MR) is 132 cm³/mol. The van der Waals surface area contributed by atoms with E-state index in [1.807, 2.05) is 47.2 Å². The number of aryl methyl sites for hydroxylation is 1. The van der Waals surface area contributed by atoms with Gasteiger partial charge in [-0.25, -0.2) is 14.3 Å². The van der Waals surface area contributed by atoms with Crippen molar-refractivity contribution in [3.05, 3.63) is 64.0 Å². The number of amides is 1. The molecule has 3 N–H and O–H groups in total. The summed E-state index contributed by atoms with van der Waals surface area (Å²) in [5.41, 5.74) is 5.78. The highest BCUT2D eigenvalue weighted by Crippen LogP contribution is 2.33. The number of alkyl carbamates (subject to hydrolysis) is 1. The highest BCUT2D eigenvalue weighted by Gasteiger charge is 2.47. The summed E-state index contributed by atoms with van der Waals surface area (Å²) in [6, 6.07) is 11.0. The van der Waals surface area contributed by atoms with Crippen LogP contribution in [0.3, 0.4) is 0 Å². The Balaban J connectivity index is 2.26. The average molecular weight is 481 g/mol. The number of carbonyl (C=O) groups excluding carboxylic acids is 2. The molecule has 9 heteroatoms. The highest BCUT2D eigenvalue weighted by atomic mass is 32.1. The molecule has 0 aliphatic carbocycles. The smallest absolute Gasteiger partial charge is 0.409 e. The van der Waals surface area contributed by atoms with Crippen molar-refractivity contribution in [2.75, 3.05) is 12.3 Å². The second-order valence-corrected chi connectivity index (χ2v) is 9.23. The summed E-state index contributed by atoms with van der Waals surface area (Å²) in [5, 5.41) is 10.9. The summed E-state index contributed by atoms with van der Waals surface area (Å²) in [7, 11) is 0. The fourth-order valence-corrected chi connectivity index (χ4v) is 3.92. The molecule has 34 heavy (non-hydrogen) atoms. The number of nitrogen functional groups attached to an aromatic ring is 1. The topological polar surface area (TPSA) is 108 Å². The predicted octanol–water partition coefficient (Wildman–Crippen LogP) is 4.16. The molecular weight excluding hydrogens is 452 g/mol. The molecule has 2 aromatic heterocycles. The molecule has 0 saturated carbocycles. The van der Waals surface area contributed by atoms with E-state index in [9.17, 15) is 9.59 Å². The van der Waals surface area contributed by atoms with E-state index in [4.69, 9.17) is 15.2 Å². The highest BCUT2D eigenvalue weighted by molar-refractivity contribution is 7.08. The van der Waals surface area contributed by atoms with Crippen molar-refractivity contribution in [1.82, 2.24) is 15.1 Å². The number of carbonyl (C=O) groups is 2. The van der Waals surface area contributed by atoms with E-state index >= 15 is 0 Å². The Morgan fingerprint density at radius 3 is 2.50 bits per heavy atom. The van der Waals surface area contributed by atoms with Crippen LogP contribution in [0, 0.1) is 18.8 Å². The first kappa shape index (κ1) is 24.9. The zero-order valence-electron chi connectivity index (χ0n) is 19.8. The van der Waals surface area contributed by atoms with Gasteiger partial charge in [-0.2, -0.15) is 16.4 Å². The fraction of sp³-hybridized carbons (Fsp3) is 0.320. The van der Waals surface area contributed by atoms with Crippen LogP contribution in [-0.4, -0.2) is 34.1 Å². The Morgan fingerprint density at radius 1 is 1.21 bits per heavy atom. The number of ether oxygens (including phenoxy) is 2. The summed E-state index contributed by atoms with van der Waals surface area (Å²) in [6.45, 7) is 8.62. The number of esters is 1. The molecule has 0 saturated heterocycles. The number of hydrogen-bond donors (Lipinski definition) is 2. The van der Waals surface area contributed by atoms with E-state index < -0.39 is 23.2 Å². The number of nitrogens with two attached hydrogens (primary N) is 1. The molecule has 0 radical (unpaired) electrons. The summed E-state index contributed by atoms with van der Waals surface area (Å²) in [4.78, 5) is 26.4. The van der Waals surface area contributed by atoms with Crippen LogP contribution in [0.1, 0.15) is 44.5 Å². The van der Waals surface area contributed by atoms with Gasteiger partial charge in [0.1, 0.15) is 11.4 Å². The van der Waals surface area contributed by atoms with Crippen molar-refractivity contribution in [3.63, 3.8) is 0 Å². The molecule has 0 aliphatic heterocycles. The second-order valence-electron chi connectivity index (χ2n) is 8.45. The maximum Gasteiger partial charge on any atom is 0.409 e. The van der Waals surface area contributed by atoms with Gasteiger partial charge in [-0.3, -0.25) is 5.32 Å². The van der Waals surface area contributed by atoms with Gasteiger partial charge >= 0.3 is 12.1 Å². The van der Waals surface area contributed by atoms with Crippen LogP contribution in [0.4, 0.5) is 10.6 Å². The van der Waals surface area contributed by atoms with Gasteiger partial charge in [-0.05, 0) is 58.2 Å². The van der Waals surface area contributed by atoms with E-state index in [0.29, 0.717) is 16.9 Å². The molecule has 178 valence electrons. The lowest BCUT2D eigenvalue weighted by Gasteiger charge is -2.29. The van der Waals surface area contributed by atoms with Crippen LogP contribution in [0.5, 0.6) is 0 Å². The second kappa shape index (κ2) is 10.0. The first-order chi connectivity index (χ1) is 16.1. The Hall–Kier alpha value is -3.77. The number of anilines is 1. The largest absolute Gasteiger partial charge is 0.463 e. The van der Waals surface area contributed by atoms with E-state index in [1.54, 1.807) is 34.6 Å². The molecule has 3 rings (SSSR count). The molecular formula is C25H28N4O4S. The number of hydrogen-bond acceptors (Lipinski definition) is 7. The maximum atomic E-state index is 13.5. The summed E-state index contributed by atoms with van der Waals surface area (Å²) in [6.07, 6.45) is -0.841. The first-order valence-corrected chi connectivity index (χ1v) is 11.7. The maximum absolute atomic E-state index is 13.5. The standard InChI is InChI=1S/C25H28N4O4S/c1-6-32-22(30)25(14-12-18-13-15-34-16-18,27-23(31)33-24(3,4)5)20-17(2)28-29(21(20)26)19-10-8-7-9-11-19/h7-11,13,15-16H,6,26H2,1-5H3,(H,27,31)/t25-/m0/s1. The van der Waals surface area contributed by atoms with Gasteiger partial charge in [0.25, 0.3) is 0 Å². The summed E-state index contributed by atoms with van der Waals surface area (Å²) < 4.78 is 12.3. The molecule has 8 nitrogen and oxygen atoms in total. The van der Waals surface area contributed by atoms with Gasteiger partial charge in [0, 0.05) is 10.9 Å². The molecule has 0 unspecified atom stereocenters. The van der Waals surface area contributed by atoms with Crippen LogP contribution >= 0.6 is 11.3 Å². The minimum absolute atomic E-state index is 0.0719. The Labute approximate surface area is 203 Å². The molecule has 0 bridgehead atoms. The fourth-order valence-electron chi connectivity index (χ4n) is 3.33. The molecule has 1 atom stereocenters. The van der Waals surface area contributed by atoms with E-state index in [0.717, 1.165) is 0 Å². The Kier molecular flexibility index (Phi) is 7.32. The van der Waals surface area contributed by atoms with Crippen molar-refractivity contribution in [2.45, 2.75) is 45.8 Å². The number of aromatic nitrogens is 2. The van der Waals surface area contributed by atoms with E-state index in [2.05, 4.69) is 22.3 Å². The third-order valence-electron chi connectivity index (χ3n) is 4.66. The van der Waals surface area contributed by atoms with Crippen molar-refractivity contribution in [3.8, 4) is 17.5 Å². The van der Waals surface area contributed by atoms with Crippen LogP contribution in [0.2, 0.25) is 0 Å². The van der Waals surface area contributed by atoms with Gasteiger partial charge in [0.15, 0.2) is 0 Å². The molecule has 0 aliphatic rings. The number of para-hydroxylation sites is 1. The van der Waals surface area contributed by atoms with Crippen LogP contribution < -0.4 is 11.1 Å². The monoisotopic (exact) mass is 480 g/mol. The zero-order valence-corrected chi connectivity index (χ0v) is 20.7. The summed E-state index contributed by atoms with van der Waals surface area (Å²) in [5.74, 6) is 5.27. The Morgan fingerprint density at radius 2 is 1.91 bits per heavy atom. The van der Waals surface area contributed by atoms with Crippen molar-refractivity contribution in [1.29, 1.82) is 0 Å². The van der Waals surface area contributed by atoms with Crippen molar-refractivity contribution < 1.29 is 19.1 Å². The molecule has 0 fully saturated rings. The number of thiophene rings is 1. The lowest BCUT2D eigenvalue weighted by molar-refractivity contribution is -0.149. The normalized spacial score (nSPS) is 12.7. The van der Waals surface area contributed by atoms with Gasteiger partial charge in [-0.15, -0.1) is 0 Å². The molecule has 0 spiro atoms. The molecule has 1 aromatic carbocycles. The van der Waals surface area contributed by atoms with Gasteiger partial charge in [0.05, 0.1) is 23.6 Å². The molecule has 3 aromatic rings. The number of rotatable bonds is 5. The number of nitrogens with zero attached hydrogens (tertiary/aromatic N) is 2. The Bertz CT molecular complexity index is 1220. The molecule has 1 amide bonds. The third kappa shape index (κ3) is 5.41. The molecule has 2 heterocycles. The number of nitrogens with one attached hydrogen (secondary N) is 1. The third-order valence-corrected chi connectivity index (χ3v) is 5.34. The first-order valence-electron chi connectivity index (χ1n) is 10.7. The summed E-state index contributed by atoms with van der Waals surface area (Å²) >= 11 is 1.46. The minimum Gasteiger partial charge on any atom is -0.463 e. The van der Waals surface area contributed by atoms with E-state index in [-0.39, 0.29) is 18.0 Å². The van der Waals surface area contributed by atoms with E-state index in [1.165, 1.54) is 16.0 Å². The van der Waals surface area contributed by atoms with Gasteiger partial charge in [-0.1, -0.05) is 30.0 Å². The van der Waals surface area contributed by atoms with Crippen LogP contribution in [-0.2, 0) is 19.8 Å². The quantitative estimate of drug-likeness (QED) is 0.419. The van der Waals surface area contributed by atoms with Crippen molar-refractivity contribution >= 4 is 29.2 Å². The minimum atomic E-state index is -1.96. The zero-order chi connectivity index (χ0) is 24.9.